The lowest BCUT2D eigenvalue weighted by Gasteiger charge is -2.51. The molecule has 0 aromatic rings. The minimum Gasteiger partial charge on any atom is -0.347 e. The van der Waals surface area contributed by atoms with Gasteiger partial charge in [-0.25, -0.2) is 0 Å². The highest BCUT2D eigenvalue weighted by Crippen LogP contribution is 2.45. The van der Waals surface area contributed by atoms with Crippen LogP contribution in [0, 0.1) is 0 Å². The minimum absolute atomic E-state index is 0.417. The van der Waals surface area contributed by atoms with E-state index in [1.165, 1.54) is 89.8 Å². The molecule has 3 atom stereocenters. The van der Waals surface area contributed by atoms with Crippen molar-refractivity contribution in [2.75, 3.05) is 6.54 Å². The summed E-state index contributed by atoms with van der Waals surface area (Å²) in [5.41, 5.74) is 0. The molecule has 0 N–H and O–H groups in total. The van der Waals surface area contributed by atoms with Crippen LogP contribution in [0.5, 0.6) is 0 Å². The van der Waals surface area contributed by atoms with Crippen LogP contribution < -0.4 is 0 Å². The van der Waals surface area contributed by atoms with E-state index >= 15 is 0 Å². The van der Waals surface area contributed by atoms with E-state index in [1.807, 2.05) is 0 Å². The fourth-order valence-corrected chi connectivity index (χ4v) is 5.73. The molecule has 3 fully saturated rings. The van der Waals surface area contributed by atoms with E-state index < -0.39 is 0 Å². The van der Waals surface area contributed by atoms with Crippen LogP contribution in [-0.4, -0.2) is 38.6 Å². The molecule has 0 spiro atoms. The molecule has 120 valence electrons. The summed E-state index contributed by atoms with van der Waals surface area (Å²) in [6.07, 6.45) is 18.7. The van der Waals surface area contributed by atoms with Crippen molar-refractivity contribution in [1.82, 2.24) is 4.81 Å². The Morgan fingerprint density at radius 1 is 0.818 bits per heavy atom. The van der Waals surface area contributed by atoms with Crippen molar-refractivity contribution in [3.05, 3.63) is 0 Å². The lowest BCUT2D eigenvalue weighted by atomic mass is 9.04. The molecule has 0 amide bonds. The molecule has 3 unspecified atom stereocenters. The molecule has 3 rings (SSSR count). The third kappa shape index (κ3) is 3.79. The molecule has 22 heavy (non-hydrogen) atoms. The molecule has 4 heteroatoms. The highest BCUT2D eigenvalue weighted by atomic mass is 15.1. The summed E-state index contributed by atoms with van der Waals surface area (Å²) in [4.78, 5) is 2.86. The first-order chi connectivity index (χ1) is 10.8. The molecular weight excluding hydrogens is 263 g/mol. The maximum Gasteiger partial charge on any atom is 0.188 e. The topological polar surface area (TPSA) is 3.24 Å². The van der Waals surface area contributed by atoms with Crippen LogP contribution in [0.2, 0.25) is 24.3 Å². The zero-order valence-corrected chi connectivity index (χ0v) is 14.8. The molecule has 0 aromatic carbocycles. The average Bonchev–Trinajstić information content (AvgIpc) is 2.72. The SMILES string of the molecule is [B]C1C2CCCCCCCB2B2CCCCCCCN2C1C. The maximum absolute atomic E-state index is 6.80. The van der Waals surface area contributed by atoms with Crippen LogP contribution in [-0.2, 0) is 0 Å². The van der Waals surface area contributed by atoms with E-state index in [2.05, 4.69) is 11.7 Å². The molecule has 3 aliphatic heterocycles. The third-order valence-corrected chi connectivity index (χ3v) is 7.04. The first-order valence-corrected chi connectivity index (χ1v) is 10.3. The van der Waals surface area contributed by atoms with Gasteiger partial charge in [0.15, 0.2) is 6.74 Å². The molecule has 0 aromatic heterocycles. The van der Waals surface area contributed by atoms with Crippen LogP contribution in [0.25, 0.3) is 0 Å². The monoisotopic (exact) mass is 297 g/mol. The fraction of sp³-hybridized carbons (Fsp3) is 1.00. The van der Waals surface area contributed by atoms with Gasteiger partial charge in [-0.05, 0) is 19.0 Å². The Hall–Kier alpha value is 0.155. The van der Waals surface area contributed by atoms with E-state index in [0.29, 0.717) is 11.9 Å². The van der Waals surface area contributed by atoms with Crippen molar-refractivity contribution in [1.29, 1.82) is 0 Å². The van der Waals surface area contributed by atoms with E-state index in [1.54, 1.807) is 0 Å². The van der Waals surface area contributed by atoms with E-state index in [-0.39, 0.29) is 0 Å². The Labute approximate surface area is 140 Å². The minimum atomic E-state index is 0.417. The number of hydrogen-bond acceptors (Lipinski definition) is 1. The van der Waals surface area contributed by atoms with Gasteiger partial charge in [0.05, 0.1) is 7.85 Å². The van der Waals surface area contributed by atoms with Crippen molar-refractivity contribution in [3.63, 3.8) is 0 Å². The van der Waals surface area contributed by atoms with Gasteiger partial charge in [-0.1, -0.05) is 95.4 Å². The van der Waals surface area contributed by atoms with Gasteiger partial charge in [0, 0.05) is 0 Å². The Balaban J connectivity index is 1.81. The van der Waals surface area contributed by atoms with Crippen molar-refractivity contribution >= 4 is 21.2 Å². The van der Waals surface area contributed by atoms with Gasteiger partial charge in [-0.15, -0.1) is 0 Å². The van der Waals surface area contributed by atoms with Crippen LogP contribution >= 0.6 is 0 Å². The Morgan fingerprint density at radius 3 is 2.27 bits per heavy atom. The second kappa shape index (κ2) is 8.31. The summed E-state index contributed by atoms with van der Waals surface area (Å²) in [6.45, 7) is 5.47. The molecule has 1 nitrogen and oxygen atoms in total. The Bertz CT molecular complexity index is 306. The molecule has 3 saturated heterocycles. The highest BCUT2D eigenvalue weighted by molar-refractivity contribution is 7.22. The molecule has 0 saturated carbocycles. The summed E-state index contributed by atoms with van der Waals surface area (Å²) in [7, 11) is 6.80. The van der Waals surface area contributed by atoms with Crippen molar-refractivity contribution in [2.24, 2.45) is 0 Å². The predicted molar refractivity (Wildman–Crippen MR) is 101 cm³/mol. The maximum atomic E-state index is 6.80. The third-order valence-electron chi connectivity index (χ3n) is 7.04. The molecule has 2 radical (unpaired) electrons. The summed E-state index contributed by atoms with van der Waals surface area (Å²) >= 11 is 0. The lowest BCUT2D eigenvalue weighted by Crippen LogP contribution is -2.62. The number of nitrogens with zero attached hydrogens (tertiary/aromatic N) is 1. The first kappa shape index (κ1) is 17.0. The van der Waals surface area contributed by atoms with Gasteiger partial charge in [0.1, 0.15) is 6.60 Å². The zero-order valence-electron chi connectivity index (χ0n) is 14.8. The summed E-state index contributed by atoms with van der Waals surface area (Å²) in [6, 6.07) is 0.602. The van der Waals surface area contributed by atoms with Crippen molar-refractivity contribution < 1.29 is 0 Å². The van der Waals surface area contributed by atoms with Crippen molar-refractivity contribution in [3.8, 4) is 0 Å². The Kier molecular flexibility index (Phi) is 6.42. The normalized spacial score (nSPS) is 36.0. The van der Waals surface area contributed by atoms with Gasteiger partial charge < -0.3 is 4.81 Å². The van der Waals surface area contributed by atoms with Gasteiger partial charge in [-0.3, -0.25) is 0 Å². The molecule has 0 aliphatic carbocycles. The van der Waals surface area contributed by atoms with E-state index in [9.17, 15) is 0 Å². The van der Waals surface area contributed by atoms with Gasteiger partial charge in [-0.2, -0.15) is 0 Å². The Morgan fingerprint density at radius 2 is 1.45 bits per heavy atom. The smallest absolute Gasteiger partial charge is 0.188 e. The van der Waals surface area contributed by atoms with Crippen LogP contribution in [0.15, 0.2) is 0 Å². The largest absolute Gasteiger partial charge is 0.347 e. The molecule has 0 bridgehead atoms. The van der Waals surface area contributed by atoms with Gasteiger partial charge in [0.25, 0.3) is 0 Å². The second-order valence-corrected chi connectivity index (χ2v) is 8.35. The molecule has 3 heterocycles. The standard InChI is InChI=1S/C18H34B3N/c1-16-18(19)17-12-8-4-2-5-9-13-20(17)21-14-10-6-3-7-11-15-22(16)21/h16-18H,2-15H2,1H3. The number of fused-ring (bicyclic) bond motifs is 3. The van der Waals surface area contributed by atoms with Crippen LogP contribution in [0.1, 0.15) is 77.6 Å². The second-order valence-electron chi connectivity index (χ2n) is 8.35. The summed E-state index contributed by atoms with van der Waals surface area (Å²) in [5.74, 6) is 1.22. The van der Waals surface area contributed by atoms with Crippen LogP contribution in [0.4, 0.5) is 0 Å². The van der Waals surface area contributed by atoms with Gasteiger partial charge in [0.2, 0.25) is 0 Å². The number of hydrogen-bond donors (Lipinski definition) is 0. The number of rotatable bonds is 0. The van der Waals surface area contributed by atoms with E-state index in [0.717, 1.165) is 19.2 Å². The average molecular weight is 297 g/mol. The summed E-state index contributed by atoms with van der Waals surface area (Å²) < 4.78 is 0. The molecular formula is C18H34B3N. The zero-order chi connectivity index (χ0) is 15.4. The summed E-state index contributed by atoms with van der Waals surface area (Å²) in [5, 5.41) is 0. The predicted octanol–water partition coefficient (Wildman–Crippen LogP) is 4.90. The lowest BCUT2D eigenvalue weighted by molar-refractivity contribution is 0.304. The van der Waals surface area contributed by atoms with Gasteiger partial charge >= 0.3 is 0 Å². The van der Waals surface area contributed by atoms with Crippen LogP contribution in [0.3, 0.4) is 0 Å². The quantitative estimate of drug-likeness (QED) is 0.575. The highest BCUT2D eigenvalue weighted by Gasteiger charge is 2.47. The van der Waals surface area contributed by atoms with E-state index in [4.69, 9.17) is 7.85 Å². The molecule has 3 aliphatic rings. The van der Waals surface area contributed by atoms with Crippen molar-refractivity contribution in [2.45, 2.75) is 108 Å². The fourth-order valence-electron chi connectivity index (χ4n) is 5.73. The first-order valence-electron chi connectivity index (χ1n) is 10.3.